The number of unbranched alkanes of at least 4 members (excludes halogenated alkanes) is 10. The van der Waals surface area contributed by atoms with Crippen molar-refractivity contribution >= 4 is 32.9 Å². The minimum atomic E-state index is -1.06. The molecule has 0 saturated heterocycles. The number of carboxylic acid groups (broad SMARTS) is 1. The standard InChI is InChI=1S/2C8H17.C4H6O3.Sn/c2*1-3-5-7-8-6-4-2;1-3(5)2-4(6)7;/h2*1,3-8H2,2H3;2H2,1H3,(H,6,7);. The molecule has 2 radical (unpaired) electrons. The van der Waals surface area contributed by atoms with E-state index < -0.39 is 5.97 Å². The molecule has 24 heavy (non-hydrogen) atoms. The molecule has 3 nitrogen and oxygen atoms in total. The number of ketones is 1. The van der Waals surface area contributed by atoms with Crippen LogP contribution in [0.5, 0.6) is 0 Å². The zero-order valence-electron chi connectivity index (χ0n) is 16.4. The van der Waals surface area contributed by atoms with Gasteiger partial charge in [-0.3, -0.25) is 9.59 Å². The van der Waals surface area contributed by atoms with Crippen LogP contribution in [-0.4, -0.2) is 38.0 Å². The summed E-state index contributed by atoms with van der Waals surface area (Å²) in [6, 6.07) is 0. The second-order valence-electron chi connectivity index (χ2n) is 6.56. The fourth-order valence-corrected chi connectivity index (χ4v) is 5.97. The summed E-state index contributed by atoms with van der Waals surface area (Å²) in [6.45, 7) is 5.85. The Balaban J connectivity index is 0. The van der Waals surface area contributed by atoms with E-state index in [4.69, 9.17) is 5.11 Å². The molecule has 0 atom stereocenters. The van der Waals surface area contributed by atoms with Gasteiger partial charge in [0.15, 0.2) is 0 Å². The van der Waals surface area contributed by atoms with Crippen molar-refractivity contribution in [3.8, 4) is 0 Å². The zero-order chi connectivity index (χ0) is 18.5. The Morgan fingerprint density at radius 1 is 0.708 bits per heavy atom. The summed E-state index contributed by atoms with van der Waals surface area (Å²) in [6.07, 6.45) is 17.5. The predicted molar refractivity (Wildman–Crippen MR) is 105 cm³/mol. The van der Waals surface area contributed by atoms with Crippen LogP contribution in [0.15, 0.2) is 0 Å². The Labute approximate surface area is 160 Å². The van der Waals surface area contributed by atoms with Gasteiger partial charge in [-0.05, 0) is 6.92 Å². The first kappa shape index (κ1) is 26.2. The van der Waals surface area contributed by atoms with Gasteiger partial charge in [0.1, 0.15) is 12.2 Å². The van der Waals surface area contributed by atoms with Crippen molar-refractivity contribution in [3.05, 3.63) is 0 Å². The molecule has 0 saturated carbocycles. The summed E-state index contributed by atoms with van der Waals surface area (Å²) >= 11 is 0.0736. The van der Waals surface area contributed by atoms with Crippen molar-refractivity contribution in [2.45, 2.75) is 113 Å². The average Bonchev–Trinajstić information content (AvgIpc) is 2.51. The molecule has 0 aliphatic rings. The van der Waals surface area contributed by atoms with Gasteiger partial charge in [-0.15, -0.1) is 0 Å². The number of aliphatic carboxylic acids is 1. The molecule has 0 aromatic rings. The average molecular weight is 447 g/mol. The van der Waals surface area contributed by atoms with E-state index in [1.165, 1.54) is 71.1 Å². The first-order valence-electron chi connectivity index (χ1n) is 9.96. The van der Waals surface area contributed by atoms with E-state index in [-0.39, 0.29) is 33.3 Å². The van der Waals surface area contributed by atoms with Gasteiger partial charge in [0.2, 0.25) is 0 Å². The summed E-state index contributed by atoms with van der Waals surface area (Å²) < 4.78 is 3.31. The van der Waals surface area contributed by atoms with Crippen LogP contribution in [0.4, 0.5) is 0 Å². The van der Waals surface area contributed by atoms with Crippen LogP contribution in [0, 0.1) is 0 Å². The minimum absolute atomic E-state index is 0.0736. The van der Waals surface area contributed by atoms with E-state index >= 15 is 0 Å². The molecule has 0 bridgehead atoms. The van der Waals surface area contributed by atoms with Crippen molar-refractivity contribution in [2.24, 2.45) is 0 Å². The Kier molecular flexibility index (Phi) is 25.0. The molecule has 0 aromatic carbocycles. The number of Topliss-reactive ketones (excluding diaryl/α,β-unsaturated/α-hetero) is 1. The summed E-state index contributed by atoms with van der Waals surface area (Å²) in [5, 5.41) is 7.86. The molecule has 0 aliphatic carbocycles. The Bertz CT molecular complexity index is 254. The number of carboxylic acids is 1. The molecule has 142 valence electrons. The summed E-state index contributed by atoms with van der Waals surface area (Å²) in [5.41, 5.74) is 0. The first-order valence-corrected chi connectivity index (χ1v) is 14.0. The summed E-state index contributed by atoms with van der Waals surface area (Å²) in [7, 11) is 0. The quantitative estimate of drug-likeness (QED) is 0.172. The van der Waals surface area contributed by atoms with Crippen LogP contribution in [0.3, 0.4) is 0 Å². The molecular weight excluding hydrogens is 407 g/mol. The molecule has 0 heterocycles. The third-order valence-corrected chi connectivity index (χ3v) is 7.85. The molecule has 4 heteroatoms. The second kappa shape index (κ2) is 22.9. The van der Waals surface area contributed by atoms with Crippen LogP contribution >= 0.6 is 0 Å². The van der Waals surface area contributed by atoms with Crippen molar-refractivity contribution in [1.29, 1.82) is 0 Å². The molecule has 0 spiro atoms. The Morgan fingerprint density at radius 2 is 1.08 bits per heavy atom. The topological polar surface area (TPSA) is 54.4 Å². The molecular formula is C20H40O3Sn. The zero-order valence-corrected chi connectivity index (χ0v) is 19.2. The normalized spacial score (nSPS) is 10.1. The molecule has 0 aromatic heterocycles. The Hall–Kier alpha value is -0.0613. The molecule has 1 N–H and O–H groups in total. The summed E-state index contributed by atoms with van der Waals surface area (Å²) in [4.78, 5) is 19.5. The van der Waals surface area contributed by atoms with Crippen molar-refractivity contribution in [2.75, 3.05) is 0 Å². The second-order valence-corrected chi connectivity index (χ2v) is 10.8. The number of hydrogen-bond donors (Lipinski definition) is 1. The molecule has 0 unspecified atom stereocenters. The van der Waals surface area contributed by atoms with E-state index in [0.29, 0.717) is 0 Å². The van der Waals surface area contributed by atoms with Gasteiger partial charge >= 0.3 is 127 Å². The molecule has 0 rings (SSSR count). The van der Waals surface area contributed by atoms with Crippen molar-refractivity contribution in [3.63, 3.8) is 0 Å². The van der Waals surface area contributed by atoms with Crippen molar-refractivity contribution in [1.82, 2.24) is 0 Å². The van der Waals surface area contributed by atoms with E-state index in [1.54, 1.807) is 21.7 Å². The fourth-order valence-electron chi connectivity index (χ4n) is 2.40. The van der Waals surface area contributed by atoms with Gasteiger partial charge in [0, 0.05) is 0 Å². The van der Waals surface area contributed by atoms with Gasteiger partial charge in [0.05, 0.1) is 0 Å². The van der Waals surface area contributed by atoms with E-state index in [0.717, 1.165) is 0 Å². The fraction of sp³-hybridized carbons (Fsp3) is 0.900. The third-order valence-electron chi connectivity index (χ3n) is 3.81. The molecule has 0 amide bonds. The monoisotopic (exact) mass is 448 g/mol. The van der Waals surface area contributed by atoms with Crippen LogP contribution in [0.2, 0.25) is 8.87 Å². The van der Waals surface area contributed by atoms with E-state index in [2.05, 4.69) is 13.8 Å². The third kappa shape index (κ3) is 29.9. The van der Waals surface area contributed by atoms with E-state index in [1.807, 2.05) is 0 Å². The summed E-state index contributed by atoms with van der Waals surface area (Å²) in [5.74, 6) is -1.37. The van der Waals surface area contributed by atoms with Gasteiger partial charge in [-0.1, -0.05) is 0 Å². The maximum absolute atomic E-state index is 9.87. The SMILES string of the molecule is CC(=O)CC(=O)O.CCCCCCC[CH2][Sn][CH2]CCCCCCC. The van der Waals surface area contributed by atoms with Crippen LogP contribution < -0.4 is 0 Å². The van der Waals surface area contributed by atoms with Crippen LogP contribution in [-0.2, 0) is 9.59 Å². The van der Waals surface area contributed by atoms with Crippen LogP contribution in [0.1, 0.15) is 104 Å². The van der Waals surface area contributed by atoms with Gasteiger partial charge < -0.3 is 5.11 Å². The molecule has 0 fully saturated rings. The number of rotatable bonds is 16. The van der Waals surface area contributed by atoms with Crippen molar-refractivity contribution < 1.29 is 14.7 Å². The van der Waals surface area contributed by atoms with Gasteiger partial charge in [-0.25, -0.2) is 0 Å². The number of carbonyl (C=O) groups is 2. The number of carbonyl (C=O) groups excluding carboxylic acids is 1. The first-order chi connectivity index (χ1) is 11.5. The predicted octanol–water partition coefficient (Wildman–Crippen LogP) is 6.30. The van der Waals surface area contributed by atoms with Crippen LogP contribution in [0.25, 0.3) is 0 Å². The van der Waals surface area contributed by atoms with E-state index in [9.17, 15) is 9.59 Å². The van der Waals surface area contributed by atoms with Gasteiger partial charge in [-0.2, -0.15) is 0 Å². The molecule has 0 aliphatic heterocycles. The number of hydrogen-bond acceptors (Lipinski definition) is 2. The van der Waals surface area contributed by atoms with Gasteiger partial charge in [0.25, 0.3) is 0 Å². The maximum atomic E-state index is 9.87. The Morgan fingerprint density at radius 3 is 1.38 bits per heavy atom.